The Bertz CT molecular complexity index is 1090. The van der Waals surface area contributed by atoms with Crippen molar-refractivity contribution in [1.82, 2.24) is 4.31 Å². The molecule has 2 amide bonds. The van der Waals surface area contributed by atoms with Gasteiger partial charge in [-0.05, 0) is 54.8 Å². The van der Waals surface area contributed by atoms with Crippen molar-refractivity contribution in [2.24, 2.45) is 0 Å². The smallest absolute Gasteiger partial charge is 0.258 e. The molecule has 2 aromatic rings. The zero-order valence-electron chi connectivity index (χ0n) is 16.5. The van der Waals surface area contributed by atoms with Crippen LogP contribution in [0.15, 0.2) is 47.4 Å². The summed E-state index contributed by atoms with van der Waals surface area (Å²) in [5.74, 6) is -0.0730. The maximum absolute atomic E-state index is 13.1. The minimum absolute atomic E-state index is 0.0794. The van der Waals surface area contributed by atoms with E-state index in [4.69, 9.17) is 0 Å². The van der Waals surface area contributed by atoms with E-state index >= 15 is 0 Å². The number of nitrogens with zero attached hydrogens (tertiary/aromatic N) is 3. The van der Waals surface area contributed by atoms with Crippen LogP contribution in [0.2, 0.25) is 0 Å². The van der Waals surface area contributed by atoms with E-state index in [9.17, 15) is 18.0 Å². The Labute approximate surface area is 170 Å². The van der Waals surface area contributed by atoms with Gasteiger partial charge in [0, 0.05) is 50.5 Å². The molecule has 0 radical (unpaired) electrons. The molecule has 1 fully saturated rings. The molecule has 4 rings (SSSR count). The Morgan fingerprint density at radius 3 is 2.52 bits per heavy atom. The number of carbonyl (C=O) groups is 2. The molecule has 29 heavy (non-hydrogen) atoms. The van der Waals surface area contributed by atoms with Gasteiger partial charge in [-0.15, -0.1) is 0 Å². The van der Waals surface area contributed by atoms with Gasteiger partial charge in [-0.2, -0.15) is 0 Å². The second kappa shape index (κ2) is 7.27. The number of sulfonamides is 1. The van der Waals surface area contributed by atoms with Gasteiger partial charge in [-0.3, -0.25) is 9.59 Å². The highest BCUT2D eigenvalue weighted by Crippen LogP contribution is 2.32. The van der Waals surface area contributed by atoms with Crippen molar-refractivity contribution >= 4 is 33.2 Å². The van der Waals surface area contributed by atoms with Gasteiger partial charge in [0.2, 0.25) is 15.9 Å². The molecule has 2 heterocycles. The highest BCUT2D eigenvalue weighted by molar-refractivity contribution is 7.89. The lowest BCUT2D eigenvalue weighted by molar-refractivity contribution is -0.117. The molecule has 8 heteroatoms. The lowest BCUT2D eigenvalue weighted by Gasteiger charge is -2.20. The summed E-state index contributed by atoms with van der Waals surface area (Å²) in [6.45, 7) is 1.17. The number of carbonyl (C=O) groups excluding carboxylic acids is 2. The fourth-order valence-electron chi connectivity index (χ4n) is 3.84. The molecule has 2 aromatic carbocycles. The number of benzene rings is 2. The maximum Gasteiger partial charge on any atom is 0.258 e. The fraction of sp³-hybridized carbons (Fsp3) is 0.333. The first-order chi connectivity index (χ1) is 13.8. The number of rotatable bonds is 4. The summed E-state index contributed by atoms with van der Waals surface area (Å²) in [4.78, 5) is 28.8. The molecule has 2 aliphatic rings. The van der Waals surface area contributed by atoms with Crippen molar-refractivity contribution in [3.63, 3.8) is 0 Å². The predicted molar refractivity (Wildman–Crippen MR) is 111 cm³/mol. The van der Waals surface area contributed by atoms with Gasteiger partial charge in [-0.1, -0.05) is 6.07 Å². The Morgan fingerprint density at radius 2 is 1.83 bits per heavy atom. The summed E-state index contributed by atoms with van der Waals surface area (Å²) in [7, 11) is -0.523. The van der Waals surface area contributed by atoms with Crippen LogP contribution in [0.3, 0.4) is 0 Å². The van der Waals surface area contributed by atoms with Crippen molar-refractivity contribution in [3.05, 3.63) is 53.6 Å². The fourth-order valence-corrected chi connectivity index (χ4v) is 4.80. The van der Waals surface area contributed by atoms with Crippen molar-refractivity contribution in [2.45, 2.75) is 24.2 Å². The largest absolute Gasteiger partial charge is 0.312 e. The zero-order chi connectivity index (χ0) is 20.8. The van der Waals surface area contributed by atoms with E-state index in [1.54, 1.807) is 46.2 Å². The first kappa shape index (κ1) is 19.6. The Hall–Kier alpha value is -2.71. The predicted octanol–water partition coefficient (Wildman–Crippen LogP) is 2.27. The molecule has 7 nitrogen and oxygen atoms in total. The third-order valence-electron chi connectivity index (χ3n) is 5.45. The topological polar surface area (TPSA) is 78.0 Å². The molecular weight excluding hydrogens is 390 g/mol. The molecule has 0 aliphatic carbocycles. The van der Waals surface area contributed by atoms with Crippen LogP contribution in [0.25, 0.3) is 0 Å². The minimum atomic E-state index is -3.52. The van der Waals surface area contributed by atoms with E-state index in [0.717, 1.165) is 23.4 Å². The third kappa shape index (κ3) is 3.42. The van der Waals surface area contributed by atoms with E-state index in [1.807, 2.05) is 6.07 Å². The summed E-state index contributed by atoms with van der Waals surface area (Å²) >= 11 is 0. The van der Waals surface area contributed by atoms with Crippen molar-refractivity contribution in [3.8, 4) is 0 Å². The lowest BCUT2D eigenvalue weighted by atomic mass is 10.1. The van der Waals surface area contributed by atoms with E-state index in [1.165, 1.54) is 18.4 Å². The van der Waals surface area contributed by atoms with Crippen LogP contribution in [0.1, 0.15) is 28.8 Å². The van der Waals surface area contributed by atoms with Crippen LogP contribution >= 0.6 is 0 Å². The van der Waals surface area contributed by atoms with Crippen LogP contribution in [-0.4, -0.2) is 51.7 Å². The van der Waals surface area contributed by atoms with E-state index in [-0.39, 0.29) is 16.7 Å². The Balaban J connectivity index is 1.62. The van der Waals surface area contributed by atoms with Crippen LogP contribution < -0.4 is 9.80 Å². The summed E-state index contributed by atoms with van der Waals surface area (Å²) < 4.78 is 25.9. The number of hydrogen-bond acceptors (Lipinski definition) is 4. The molecule has 0 atom stereocenters. The molecule has 0 aromatic heterocycles. The first-order valence-corrected chi connectivity index (χ1v) is 11.0. The average molecular weight is 413 g/mol. The molecule has 1 saturated heterocycles. The van der Waals surface area contributed by atoms with Gasteiger partial charge in [0.25, 0.3) is 5.91 Å². The van der Waals surface area contributed by atoms with Gasteiger partial charge < -0.3 is 9.80 Å². The van der Waals surface area contributed by atoms with Gasteiger partial charge in [0.05, 0.1) is 4.90 Å². The van der Waals surface area contributed by atoms with E-state index in [2.05, 4.69) is 0 Å². The third-order valence-corrected chi connectivity index (χ3v) is 7.26. The number of amides is 2. The highest BCUT2D eigenvalue weighted by atomic mass is 32.2. The van der Waals surface area contributed by atoms with Crippen LogP contribution in [0.4, 0.5) is 11.4 Å². The van der Waals surface area contributed by atoms with Crippen LogP contribution in [0, 0.1) is 0 Å². The van der Waals surface area contributed by atoms with Crippen molar-refractivity contribution < 1.29 is 18.0 Å². The number of fused-ring (bicyclic) bond motifs is 1. The van der Waals surface area contributed by atoms with Crippen LogP contribution in [0.5, 0.6) is 0 Å². The van der Waals surface area contributed by atoms with Gasteiger partial charge in [-0.25, -0.2) is 12.7 Å². The molecule has 152 valence electrons. The first-order valence-electron chi connectivity index (χ1n) is 9.57. The Kier molecular flexibility index (Phi) is 4.92. The van der Waals surface area contributed by atoms with Crippen molar-refractivity contribution in [1.29, 1.82) is 0 Å². The second-order valence-corrected chi connectivity index (χ2v) is 9.64. The van der Waals surface area contributed by atoms with Gasteiger partial charge in [0.1, 0.15) is 0 Å². The lowest BCUT2D eigenvalue weighted by Crippen LogP contribution is -2.29. The summed E-state index contributed by atoms with van der Waals surface area (Å²) in [5, 5.41) is 0. The molecule has 0 bridgehead atoms. The normalized spacial score (nSPS) is 16.6. The summed E-state index contributed by atoms with van der Waals surface area (Å²) in [6.07, 6.45) is 1.97. The molecule has 0 spiro atoms. The Morgan fingerprint density at radius 1 is 1.03 bits per heavy atom. The molecular formula is C21H23N3O4S. The van der Waals surface area contributed by atoms with E-state index in [0.29, 0.717) is 31.5 Å². The number of hydrogen-bond donors (Lipinski definition) is 0. The minimum Gasteiger partial charge on any atom is -0.312 e. The van der Waals surface area contributed by atoms with Crippen LogP contribution in [-0.2, 0) is 21.2 Å². The second-order valence-electron chi connectivity index (χ2n) is 7.48. The summed E-state index contributed by atoms with van der Waals surface area (Å²) in [5.41, 5.74) is 2.83. The van der Waals surface area contributed by atoms with Crippen molar-refractivity contribution in [2.75, 3.05) is 37.0 Å². The van der Waals surface area contributed by atoms with E-state index < -0.39 is 10.0 Å². The standard InChI is InChI=1S/C21H23N3O4S/c1-22(2)29(27,28)18-8-9-19-15(14-18)10-12-24(19)21(26)16-5-3-6-17(13-16)23-11-4-7-20(23)25/h3,5-6,8-9,13-14H,4,7,10-12H2,1-2H3. The SMILES string of the molecule is CN(C)S(=O)(=O)c1ccc2c(c1)CCN2C(=O)c1cccc(N2CCCC2=O)c1. The monoisotopic (exact) mass is 413 g/mol. The molecule has 0 N–H and O–H groups in total. The zero-order valence-corrected chi connectivity index (χ0v) is 17.3. The van der Waals surface area contributed by atoms with Gasteiger partial charge in [0.15, 0.2) is 0 Å². The molecule has 0 unspecified atom stereocenters. The average Bonchev–Trinajstić information content (AvgIpc) is 3.33. The molecule has 2 aliphatic heterocycles. The number of anilines is 2. The molecule has 0 saturated carbocycles. The maximum atomic E-state index is 13.1. The highest BCUT2D eigenvalue weighted by Gasteiger charge is 2.29. The summed E-state index contributed by atoms with van der Waals surface area (Å²) in [6, 6.07) is 12.0. The quantitative estimate of drug-likeness (QED) is 0.770. The van der Waals surface area contributed by atoms with Gasteiger partial charge >= 0.3 is 0 Å².